The van der Waals surface area contributed by atoms with E-state index >= 15 is 0 Å². The van der Waals surface area contributed by atoms with Gasteiger partial charge in [-0.1, -0.05) is 12.1 Å². The van der Waals surface area contributed by atoms with Gasteiger partial charge in [0, 0.05) is 18.9 Å². The Bertz CT molecular complexity index is 941. The van der Waals surface area contributed by atoms with Crippen LogP contribution in [0.3, 0.4) is 0 Å². The van der Waals surface area contributed by atoms with Crippen molar-refractivity contribution in [3.63, 3.8) is 0 Å². The van der Waals surface area contributed by atoms with Gasteiger partial charge in [-0.15, -0.1) is 0 Å². The molecule has 0 aliphatic carbocycles. The Labute approximate surface area is 155 Å². The summed E-state index contributed by atoms with van der Waals surface area (Å²) in [5.41, 5.74) is -0.625. The van der Waals surface area contributed by atoms with Gasteiger partial charge in [-0.05, 0) is 31.0 Å². The van der Waals surface area contributed by atoms with Gasteiger partial charge in [-0.3, -0.25) is 14.2 Å². The minimum atomic E-state index is -0.671. The van der Waals surface area contributed by atoms with Crippen LogP contribution in [-0.2, 0) is 11.3 Å². The predicted molar refractivity (Wildman–Crippen MR) is 96.4 cm³/mol. The molecule has 1 N–H and O–H groups in total. The fraction of sp³-hybridized carbons (Fsp3) is 0.368. The Morgan fingerprint density at radius 3 is 2.96 bits per heavy atom. The number of hydrogen-bond donors (Lipinski definition) is 1. The normalized spacial score (nSPS) is 21.8. The molecule has 1 spiro atoms. The van der Waals surface area contributed by atoms with E-state index < -0.39 is 11.3 Å². The van der Waals surface area contributed by atoms with Gasteiger partial charge in [0.2, 0.25) is 5.91 Å². The van der Waals surface area contributed by atoms with Crippen molar-refractivity contribution in [1.29, 1.82) is 0 Å². The van der Waals surface area contributed by atoms with Gasteiger partial charge in [0.25, 0.3) is 5.91 Å². The highest BCUT2D eigenvalue weighted by Gasteiger charge is 2.42. The second kappa shape index (κ2) is 6.86. The molecule has 2 amide bonds. The molecular weight excluding hydrogens is 348 g/mol. The minimum absolute atomic E-state index is 0.0638. The summed E-state index contributed by atoms with van der Waals surface area (Å²) in [6.07, 6.45) is 4.44. The third kappa shape index (κ3) is 3.42. The van der Waals surface area contributed by atoms with E-state index in [-0.39, 0.29) is 18.4 Å². The lowest BCUT2D eigenvalue weighted by atomic mass is 9.92. The van der Waals surface area contributed by atoms with Crippen molar-refractivity contribution in [2.24, 2.45) is 0 Å². The molecule has 3 heterocycles. The maximum Gasteiger partial charge on any atom is 0.347 e. The van der Waals surface area contributed by atoms with E-state index in [4.69, 9.17) is 4.74 Å². The highest BCUT2D eigenvalue weighted by molar-refractivity contribution is 5.97. The number of ether oxygens (including phenoxy) is 1. The first-order valence-corrected chi connectivity index (χ1v) is 8.92. The Morgan fingerprint density at radius 1 is 1.26 bits per heavy atom. The number of likely N-dealkylation sites (tertiary alicyclic amines) is 1. The van der Waals surface area contributed by atoms with Crippen LogP contribution in [0.1, 0.15) is 23.2 Å². The number of amides is 2. The molecule has 0 saturated carbocycles. The quantitative estimate of drug-likeness (QED) is 0.830. The molecule has 1 saturated heterocycles. The fourth-order valence-corrected chi connectivity index (χ4v) is 3.64. The number of para-hydroxylation sites is 1. The second-order valence-corrected chi connectivity index (χ2v) is 6.91. The van der Waals surface area contributed by atoms with Crippen molar-refractivity contribution in [2.45, 2.75) is 25.0 Å². The first-order valence-electron chi connectivity index (χ1n) is 8.92. The summed E-state index contributed by atoms with van der Waals surface area (Å²) in [6.45, 7) is 1.22. The van der Waals surface area contributed by atoms with Crippen molar-refractivity contribution >= 4 is 11.8 Å². The Hall–Kier alpha value is -3.16. The standard InChI is InChI=1S/C19H20N4O4/c24-16(11-22-10-4-8-20-18(22)26)23-9-3-7-19(13-23)12-21-17(25)14-5-1-2-6-15(14)27-19/h1-2,4-6,8,10H,3,7,9,11-13H2,(H,21,25)/t19-/m0/s1. The van der Waals surface area contributed by atoms with E-state index in [2.05, 4.69) is 10.3 Å². The number of aromatic nitrogens is 2. The van der Waals surface area contributed by atoms with Gasteiger partial charge >= 0.3 is 5.69 Å². The molecule has 1 aromatic heterocycles. The van der Waals surface area contributed by atoms with Crippen molar-refractivity contribution in [3.8, 4) is 5.75 Å². The van der Waals surface area contributed by atoms with E-state index in [0.717, 1.165) is 12.8 Å². The SMILES string of the molecule is O=C1NC[C@]2(CCCN(C(=O)Cn3cccnc3=O)C2)Oc2ccccc21. The summed E-state index contributed by atoms with van der Waals surface area (Å²) in [4.78, 5) is 42.2. The highest BCUT2D eigenvalue weighted by Crippen LogP contribution is 2.32. The molecule has 8 nitrogen and oxygen atoms in total. The molecule has 8 heteroatoms. The smallest absolute Gasteiger partial charge is 0.347 e. The molecule has 2 aliphatic heterocycles. The molecule has 1 atom stereocenters. The van der Waals surface area contributed by atoms with Crippen molar-refractivity contribution in [2.75, 3.05) is 19.6 Å². The maximum absolute atomic E-state index is 12.7. The summed E-state index contributed by atoms with van der Waals surface area (Å²) in [6, 6.07) is 8.74. The largest absolute Gasteiger partial charge is 0.483 e. The summed E-state index contributed by atoms with van der Waals surface area (Å²) in [5.74, 6) is 0.190. The molecule has 27 heavy (non-hydrogen) atoms. The fourth-order valence-electron chi connectivity index (χ4n) is 3.64. The van der Waals surface area contributed by atoms with Crippen LogP contribution >= 0.6 is 0 Å². The predicted octanol–water partition coefficient (Wildman–Crippen LogP) is 0.427. The molecule has 0 bridgehead atoms. The van der Waals surface area contributed by atoms with Crippen molar-refractivity contribution in [1.82, 2.24) is 19.8 Å². The van der Waals surface area contributed by atoms with Gasteiger partial charge in [-0.25, -0.2) is 9.78 Å². The summed E-state index contributed by atoms with van der Waals surface area (Å²) >= 11 is 0. The second-order valence-electron chi connectivity index (χ2n) is 6.91. The zero-order chi connectivity index (χ0) is 18.9. The Balaban J connectivity index is 1.54. The molecule has 0 radical (unpaired) electrons. The maximum atomic E-state index is 12.7. The van der Waals surface area contributed by atoms with Crippen LogP contribution in [-0.4, -0.2) is 51.5 Å². The van der Waals surface area contributed by atoms with E-state index in [1.807, 2.05) is 6.07 Å². The Morgan fingerprint density at radius 2 is 2.11 bits per heavy atom. The molecule has 2 aliphatic rings. The third-order valence-corrected chi connectivity index (χ3v) is 5.01. The summed E-state index contributed by atoms with van der Waals surface area (Å²) in [5, 5.41) is 2.91. The molecule has 0 unspecified atom stereocenters. The van der Waals surface area contributed by atoms with Gasteiger partial charge in [0.05, 0.1) is 18.7 Å². The number of fused-ring (bicyclic) bond motifs is 1. The number of benzene rings is 1. The van der Waals surface area contributed by atoms with Crippen molar-refractivity contribution in [3.05, 3.63) is 58.8 Å². The average Bonchev–Trinajstić information content (AvgIpc) is 2.81. The Kier molecular flexibility index (Phi) is 4.39. The van der Waals surface area contributed by atoms with Crippen LogP contribution in [0.4, 0.5) is 0 Å². The number of carbonyl (C=O) groups is 2. The summed E-state index contributed by atoms with van der Waals surface area (Å²) in [7, 11) is 0. The molecular formula is C19H20N4O4. The number of nitrogens with one attached hydrogen (secondary N) is 1. The first kappa shape index (κ1) is 17.3. The third-order valence-electron chi connectivity index (χ3n) is 5.01. The number of rotatable bonds is 2. The lowest BCUT2D eigenvalue weighted by Crippen LogP contribution is -2.58. The van der Waals surface area contributed by atoms with Gasteiger partial charge in [-0.2, -0.15) is 0 Å². The average molecular weight is 368 g/mol. The van der Waals surface area contributed by atoms with E-state index in [1.165, 1.54) is 10.8 Å². The van der Waals surface area contributed by atoms with Crippen LogP contribution in [0, 0.1) is 0 Å². The van der Waals surface area contributed by atoms with Crippen LogP contribution in [0.25, 0.3) is 0 Å². The van der Waals surface area contributed by atoms with Crippen LogP contribution < -0.4 is 15.7 Å². The van der Waals surface area contributed by atoms with E-state index in [0.29, 0.717) is 30.9 Å². The van der Waals surface area contributed by atoms with E-state index in [1.54, 1.807) is 35.4 Å². The lowest BCUT2D eigenvalue weighted by Gasteiger charge is -2.42. The number of nitrogens with zero attached hydrogens (tertiary/aromatic N) is 3. The van der Waals surface area contributed by atoms with Gasteiger partial charge in [0.15, 0.2) is 0 Å². The molecule has 1 fully saturated rings. The molecule has 140 valence electrons. The summed E-state index contributed by atoms with van der Waals surface area (Å²) < 4.78 is 7.54. The molecule has 4 rings (SSSR count). The van der Waals surface area contributed by atoms with Crippen LogP contribution in [0.2, 0.25) is 0 Å². The number of piperidine rings is 1. The molecule has 1 aromatic carbocycles. The first-order chi connectivity index (χ1) is 13.1. The zero-order valence-corrected chi connectivity index (χ0v) is 14.8. The number of carbonyl (C=O) groups excluding carboxylic acids is 2. The monoisotopic (exact) mass is 368 g/mol. The van der Waals surface area contributed by atoms with Gasteiger partial charge < -0.3 is 15.0 Å². The lowest BCUT2D eigenvalue weighted by molar-refractivity contribution is -0.137. The topological polar surface area (TPSA) is 93.5 Å². The van der Waals surface area contributed by atoms with Crippen LogP contribution in [0.15, 0.2) is 47.5 Å². The van der Waals surface area contributed by atoms with E-state index in [9.17, 15) is 14.4 Å². The molecule has 2 aromatic rings. The van der Waals surface area contributed by atoms with Gasteiger partial charge in [0.1, 0.15) is 17.9 Å². The zero-order valence-electron chi connectivity index (χ0n) is 14.8. The van der Waals surface area contributed by atoms with Crippen molar-refractivity contribution < 1.29 is 14.3 Å². The number of hydrogen-bond acceptors (Lipinski definition) is 5. The van der Waals surface area contributed by atoms with Crippen LogP contribution in [0.5, 0.6) is 5.75 Å². The minimum Gasteiger partial charge on any atom is -0.483 e. The highest BCUT2D eigenvalue weighted by atomic mass is 16.5.